The summed E-state index contributed by atoms with van der Waals surface area (Å²) in [5.41, 5.74) is 2.09. The minimum Gasteiger partial charge on any atom is -0.480 e. The Bertz CT molecular complexity index is 677. The fraction of sp³-hybridized carbons (Fsp3) is 0.300. The maximum Gasteiger partial charge on any atom is 0.328 e. The van der Waals surface area contributed by atoms with Crippen molar-refractivity contribution in [2.75, 3.05) is 19.8 Å². The summed E-state index contributed by atoms with van der Waals surface area (Å²) in [6, 6.07) is 18.8. The fourth-order valence-electron chi connectivity index (χ4n) is 3.20. The van der Waals surface area contributed by atoms with Crippen molar-refractivity contribution in [3.63, 3.8) is 0 Å². The van der Waals surface area contributed by atoms with Crippen LogP contribution < -0.4 is 0 Å². The number of morpholine rings is 1. The van der Waals surface area contributed by atoms with Crippen molar-refractivity contribution in [3.8, 4) is 0 Å². The number of ether oxygens (including phenoxy) is 1. The van der Waals surface area contributed by atoms with E-state index in [1.54, 1.807) is 0 Å². The number of carbonyl (C=O) groups is 2. The lowest BCUT2D eigenvalue weighted by molar-refractivity contribution is -0.158. The predicted octanol–water partition coefficient (Wildman–Crippen LogP) is 2.52. The first-order chi connectivity index (χ1) is 12.2. The van der Waals surface area contributed by atoms with E-state index in [0.717, 1.165) is 11.1 Å². The van der Waals surface area contributed by atoms with Gasteiger partial charge in [0.1, 0.15) is 0 Å². The lowest BCUT2D eigenvalue weighted by Crippen LogP contribution is -2.52. The van der Waals surface area contributed by atoms with Crippen molar-refractivity contribution in [1.82, 2.24) is 4.90 Å². The number of nitrogens with zero attached hydrogens (tertiary/aromatic N) is 1. The van der Waals surface area contributed by atoms with E-state index in [1.165, 1.54) is 4.90 Å². The van der Waals surface area contributed by atoms with Crippen LogP contribution in [0.2, 0.25) is 0 Å². The van der Waals surface area contributed by atoms with Crippen LogP contribution in [0.1, 0.15) is 23.5 Å². The van der Waals surface area contributed by atoms with Crippen LogP contribution in [0.15, 0.2) is 60.7 Å². The second-order valence-corrected chi connectivity index (χ2v) is 6.09. The number of rotatable bonds is 5. The van der Waals surface area contributed by atoms with Crippen LogP contribution in [-0.4, -0.2) is 47.7 Å². The van der Waals surface area contributed by atoms with Gasteiger partial charge >= 0.3 is 5.97 Å². The Kier molecular flexibility index (Phi) is 5.46. The molecule has 0 bridgehead atoms. The van der Waals surface area contributed by atoms with Crippen LogP contribution in [0.25, 0.3) is 0 Å². The number of hydrogen-bond donors (Lipinski definition) is 1. The minimum atomic E-state index is -1.02. The molecule has 0 aliphatic carbocycles. The van der Waals surface area contributed by atoms with Crippen LogP contribution in [0.4, 0.5) is 0 Å². The summed E-state index contributed by atoms with van der Waals surface area (Å²) < 4.78 is 5.22. The third-order valence-electron chi connectivity index (χ3n) is 4.52. The molecule has 3 rings (SSSR count). The van der Waals surface area contributed by atoms with Gasteiger partial charge in [0.25, 0.3) is 0 Å². The number of aliphatic carboxylic acids is 1. The number of carbonyl (C=O) groups excluding carboxylic acids is 1. The van der Waals surface area contributed by atoms with Crippen molar-refractivity contribution < 1.29 is 19.4 Å². The van der Waals surface area contributed by atoms with Crippen molar-refractivity contribution in [1.29, 1.82) is 0 Å². The summed E-state index contributed by atoms with van der Waals surface area (Å²) in [4.78, 5) is 25.7. The average Bonchev–Trinajstić information content (AvgIpc) is 2.67. The molecule has 1 aliphatic rings. The molecular formula is C20H21NO4. The highest BCUT2D eigenvalue weighted by atomic mass is 16.5. The largest absolute Gasteiger partial charge is 0.480 e. The monoisotopic (exact) mass is 339 g/mol. The molecule has 25 heavy (non-hydrogen) atoms. The summed E-state index contributed by atoms with van der Waals surface area (Å²) in [6.07, 6.45) is 0.234. The third kappa shape index (κ3) is 4.06. The molecule has 0 saturated carbocycles. The second kappa shape index (κ2) is 7.94. The Morgan fingerprint density at radius 1 is 1.04 bits per heavy atom. The van der Waals surface area contributed by atoms with Gasteiger partial charge in [-0.1, -0.05) is 60.7 Å². The summed E-state index contributed by atoms with van der Waals surface area (Å²) in [6.45, 7) is 0.728. The van der Waals surface area contributed by atoms with E-state index in [9.17, 15) is 14.7 Å². The Hall–Kier alpha value is -2.66. The van der Waals surface area contributed by atoms with Crippen molar-refractivity contribution in [2.45, 2.75) is 18.4 Å². The first kappa shape index (κ1) is 17.2. The van der Waals surface area contributed by atoms with Crippen LogP contribution in [0, 0.1) is 0 Å². The Morgan fingerprint density at radius 2 is 1.60 bits per heavy atom. The highest BCUT2D eigenvalue weighted by Gasteiger charge is 2.33. The molecule has 1 atom stereocenters. The van der Waals surface area contributed by atoms with E-state index < -0.39 is 12.0 Å². The minimum absolute atomic E-state index is 0.0441. The molecule has 1 unspecified atom stereocenters. The topological polar surface area (TPSA) is 66.8 Å². The molecule has 0 aromatic heterocycles. The smallest absolute Gasteiger partial charge is 0.328 e. The molecule has 1 fully saturated rings. The summed E-state index contributed by atoms with van der Waals surface area (Å²) in [5.74, 6) is -1.29. The molecule has 1 amide bonds. The molecule has 1 N–H and O–H groups in total. The zero-order valence-corrected chi connectivity index (χ0v) is 13.9. The van der Waals surface area contributed by atoms with Crippen molar-refractivity contribution >= 4 is 11.9 Å². The zero-order valence-electron chi connectivity index (χ0n) is 13.9. The molecule has 1 saturated heterocycles. The third-order valence-corrected chi connectivity index (χ3v) is 4.52. The van der Waals surface area contributed by atoms with Gasteiger partial charge in [-0.15, -0.1) is 0 Å². The lowest BCUT2D eigenvalue weighted by atomic mass is 9.88. The average molecular weight is 339 g/mol. The van der Waals surface area contributed by atoms with E-state index in [0.29, 0.717) is 13.2 Å². The highest BCUT2D eigenvalue weighted by molar-refractivity contribution is 5.84. The summed E-state index contributed by atoms with van der Waals surface area (Å²) in [7, 11) is 0. The highest BCUT2D eigenvalue weighted by Crippen LogP contribution is 2.29. The Morgan fingerprint density at radius 3 is 2.12 bits per heavy atom. The number of carboxylic acid groups (broad SMARTS) is 1. The molecular weight excluding hydrogens is 318 g/mol. The van der Waals surface area contributed by atoms with Gasteiger partial charge in [0.05, 0.1) is 13.2 Å². The molecule has 2 aromatic rings. The van der Waals surface area contributed by atoms with Crippen LogP contribution in [-0.2, 0) is 14.3 Å². The van der Waals surface area contributed by atoms with E-state index in [2.05, 4.69) is 0 Å². The molecule has 5 nitrogen and oxygen atoms in total. The van der Waals surface area contributed by atoms with Gasteiger partial charge < -0.3 is 14.7 Å². The normalized spacial score (nSPS) is 17.5. The Balaban J connectivity index is 1.85. The van der Waals surface area contributed by atoms with Crippen LogP contribution in [0.5, 0.6) is 0 Å². The van der Waals surface area contributed by atoms with Gasteiger partial charge in [-0.25, -0.2) is 4.79 Å². The molecule has 0 spiro atoms. The predicted molar refractivity (Wildman–Crippen MR) is 93.3 cm³/mol. The fourth-order valence-corrected chi connectivity index (χ4v) is 3.20. The first-order valence-corrected chi connectivity index (χ1v) is 8.36. The summed E-state index contributed by atoms with van der Waals surface area (Å²) >= 11 is 0. The van der Waals surface area contributed by atoms with Gasteiger partial charge in [-0.2, -0.15) is 0 Å². The first-order valence-electron chi connectivity index (χ1n) is 8.36. The Labute approximate surface area is 146 Å². The molecule has 5 heteroatoms. The maximum atomic E-state index is 12.9. The van der Waals surface area contributed by atoms with E-state index in [1.807, 2.05) is 60.7 Å². The van der Waals surface area contributed by atoms with Crippen LogP contribution in [0.3, 0.4) is 0 Å². The molecule has 1 aliphatic heterocycles. The second-order valence-electron chi connectivity index (χ2n) is 6.09. The van der Waals surface area contributed by atoms with E-state index in [-0.39, 0.29) is 24.9 Å². The lowest BCUT2D eigenvalue weighted by Gasteiger charge is -2.34. The van der Waals surface area contributed by atoms with Gasteiger partial charge in [0.2, 0.25) is 5.91 Å². The van der Waals surface area contributed by atoms with E-state index in [4.69, 9.17) is 4.74 Å². The number of carboxylic acids is 1. The van der Waals surface area contributed by atoms with Crippen molar-refractivity contribution in [3.05, 3.63) is 71.8 Å². The SMILES string of the molecule is O=C(O)C1COCCN1C(=O)CC(c1ccccc1)c1ccccc1. The quantitative estimate of drug-likeness (QED) is 0.909. The molecule has 0 radical (unpaired) electrons. The molecule has 130 valence electrons. The molecule has 2 aromatic carbocycles. The van der Waals surface area contributed by atoms with Gasteiger partial charge in [-0.3, -0.25) is 4.79 Å². The number of benzene rings is 2. The number of hydrogen-bond acceptors (Lipinski definition) is 3. The molecule has 1 heterocycles. The van der Waals surface area contributed by atoms with Crippen molar-refractivity contribution in [2.24, 2.45) is 0 Å². The summed E-state index contributed by atoms with van der Waals surface area (Å²) in [5, 5.41) is 9.35. The number of amides is 1. The van der Waals surface area contributed by atoms with Crippen LogP contribution >= 0.6 is 0 Å². The van der Waals surface area contributed by atoms with Gasteiger partial charge in [-0.05, 0) is 11.1 Å². The maximum absolute atomic E-state index is 12.9. The standard InChI is InChI=1S/C20H21NO4/c22-19(21-11-12-25-14-18(21)20(23)24)13-17(15-7-3-1-4-8-15)16-9-5-2-6-10-16/h1-10,17-18H,11-14H2,(H,23,24). The van der Waals surface area contributed by atoms with E-state index >= 15 is 0 Å². The van der Waals surface area contributed by atoms with Gasteiger partial charge in [0.15, 0.2) is 6.04 Å². The zero-order chi connectivity index (χ0) is 17.6. The van der Waals surface area contributed by atoms with Gasteiger partial charge in [0, 0.05) is 18.9 Å².